The summed E-state index contributed by atoms with van der Waals surface area (Å²) in [6.45, 7) is 0. The number of para-hydroxylation sites is 4. The number of fused-ring (bicyclic) bond motifs is 11. The van der Waals surface area contributed by atoms with E-state index in [-0.39, 0.29) is 0 Å². The van der Waals surface area contributed by atoms with Crippen LogP contribution in [0.5, 0.6) is 11.5 Å². The number of hydrogen-bond donors (Lipinski definition) is 0. The summed E-state index contributed by atoms with van der Waals surface area (Å²) in [5.74, 6) is 1.87. The monoisotopic (exact) mass is 787 g/mol. The molecule has 0 bridgehead atoms. The molecule has 0 unspecified atom stereocenters. The Kier molecular flexibility index (Phi) is 7.57. The highest BCUT2D eigenvalue weighted by molar-refractivity contribution is 7.33. The number of benzene rings is 9. The van der Waals surface area contributed by atoms with Crippen LogP contribution in [0.25, 0.3) is 21.9 Å². The van der Waals surface area contributed by atoms with Crippen molar-refractivity contribution in [2.75, 3.05) is 4.90 Å². The van der Waals surface area contributed by atoms with E-state index < -0.39 is 16.1 Å². The van der Waals surface area contributed by atoms with Crippen molar-refractivity contribution < 1.29 is 9.15 Å². The van der Waals surface area contributed by atoms with E-state index in [4.69, 9.17) is 9.15 Å². The fraction of sp³-hybridized carbons (Fsp3) is 0. The molecule has 2 aliphatic heterocycles. The predicted octanol–water partition coefficient (Wildman–Crippen LogP) is 8.23. The van der Waals surface area contributed by atoms with E-state index >= 15 is 0 Å². The molecule has 0 saturated carbocycles. The molecule has 0 N–H and O–H groups in total. The number of anilines is 3. The van der Waals surface area contributed by atoms with E-state index in [1.54, 1.807) is 0 Å². The third kappa shape index (κ3) is 4.74. The Balaban J connectivity index is 1.27. The molecule has 0 fully saturated rings. The first-order valence-corrected chi connectivity index (χ1v) is 24.3. The minimum Gasteiger partial charge on any atom is -0.458 e. The largest absolute Gasteiger partial charge is 0.458 e. The molecule has 10 aromatic rings. The van der Waals surface area contributed by atoms with Gasteiger partial charge in [-0.25, -0.2) is 0 Å². The van der Waals surface area contributed by atoms with Crippen molar-refractivity contribution in [3.05, 3.63) is 224 Å². The highest BCUT2D eigenvalue weighted by Crippen LogP contribution is 2.43. The number of furan rings is 1. The van der Waals surface area contributed by atoms with Crippen LogP contribution in [0, 0.1) is 0 Å². The molecule has 0 amide bonds. The van der Waals surface area contributed by atoms with Crippen LogP contribution in [-0.2, 0) is 0 Å². The van der Waals surface area contributed by atoms with Gasteiger partial charge in [-0.2, -0.15) is 0 Å². The molecule has 278 valence electrons. The fourth-order valence-corrected chi connectivity index (χ4v) is 22.7. The second-order valence-electron chi connectivity index (χ2n) is 15.5. The SMILES string of the molecule is c1ccc(N(c2ccc3c(c2)[Si]2(c4ccccc4Oc4ccccc42)c2ccccc2[Si]3(c2ccccc2)c2ccccc2)c2cccc3oc4ccccc4c23)cc1. The molecule has 3 nitrogen and oxygen atoms in total. The quantitative estimate of drug-likeness (QED) is 0.165. The van der Waals surface area contributed by atoms with Crippen LogP contribution < -0.4 is 51.1 Å². The highest BCUT2D eigenvalue weighted by atomic mass is 28.3. The summed E-state index contributed by atoms with van der Waals surface area (Å²) in [5, 5.41) is 13.2. The molecule has 0 radical (unpaired) electrons. The molecular formula is C54H37NO2Si2. The minimum atomic E-state index is -3.11. The van der Waals surface area contributed by atoms with Crippen LogP contribution in [-0.4, -0.2) is 16.1 Å². The topological polar surface area (TPSA) is 25.6 Å². The van der Waals surface area contributed by atoms with Crippen molar-refractivity contribution in [3.63, 3.8) is 0 Å². The second kappa shape index (κ2) is 13.2. The van der Waals surface area contributed by atoms with Crippen molar-refractivity contribution in [1.29, 1.82) is 0 Å². The lowest BCUT2D eigenvalue weighted by Gasteiger charge is -2.50. The molecule has 0 aliphatic carbocycles. The van der Waals surface area contributed by atoms with Crippen LogP contribution in [0.1, 0.15) is 0 Å². The first-order valence-electron chi connectivity index (χ1n) is 20.3. The van der Waals surface area contributed by atoms with Gasteiger partial charge in [0.1, 0.15) is 22.7 Å². The van der Waals surface area contributed by atoms with Crippen molar-refractivity contribution in [1.82, 2.24) is 0 Å². The summed E-state index contributed by atoms with van der Waals surface area (Å²) in [6, 6.07) is 82.8. The van der Waals surface area contributed by atoms with E-state index in [0.717, 1.165) is 50.5 Å². The van der Waals surface area contributed by atoms with Gasteiger partial charge in [-0.3, -0.25) is 0 Å². The molecule has 0 atom stereocenters. The van der Waals surface area contributed by atoms with Crippen LogP contribution in [0.4, 0.5) is 17.1 Å². The number of hydrogen-bond acceptors (Lipinski definition) is 3. The lowest BCUT2D eigenvalue weighted by molar-refractivity contribution is 0.487. The summed E-state index contributed by atoms with van der Waals surface area (Å²) in [4.78, 5) is 2.44. The summed E-state index contributed by atoms with van der Waals surface area (Å²) in [6.07, 6.45) is 0. The van der Waals surface area contributed by atoms with Gasteiger partial charge < -0.3 is 14.1 Å². The molecule has 5 heteroatoms. The van der Waals surface area contributed by atoms with Gasteiger partial charge in [0, 0.05) is 16.8 Å². The normalized spacial score (nSPS) is 14.2. The first-order chi connectivity index (χ1) is 29.3. The van der Waals surface area contributed by atoms with Gasteiger partial charge in [0.05, 0.1) is 11.1 Å². The zero-order valence-corrected chi connectivity index (χ0v) is 34.1. The van der Waals surface area contributed by atoms with Gasteiger partial charge in [0.2, 0.25) is 0 Å². The standard InChI is InChI=1S/C54H37NO2Si2/c1-4-19-38(20-5-1)55(43-26-18-30-47-54(43)42-25-10-11-27-44(42)56-47)39-35-36-52-53(37-39)59(48-31-14-12-28-45(48)57-46-29-13-15-32-49(46)59)51-34-17-16-33-50(51)58(52,40-21-6-2-7-22-40)41-23-8-3-9-24-41/h1-37H. The maximum absolute atomic E-state index is 6.88. The van der Waals surface area contributed by atoms with Crippen LogP contribution in [0.3, 0.4) is 0 Å². The van der Waals surface area contributed by atoms with Crippen LogP contribution in [0.15, 0.2) is 229 Å². The van der Waals surface area contributed by atoms with Crippen molar-refractivity contribution >= 4 is 96.6 Å². The average molecular weight is 788 g/mol. The molecule has 2 aliphatic rings. The number of nitrogens with zero attached hydrogens (tertiary/aromatic N) is 1. The molecule has 1 spiro atoms. The van der Waals surface area contributed by atoms with E-state index in [2.05, 4.69) is 223 Å². The molecule has 59 heavy (non-hydrogen) atoms. The molecule has 12 rings (SSSR count). The molecule has 1 aromatic heterocycles. The maximum atomic E-state index is 6.88. The van der Waals surface area contributed by atoms with Crippen LogP contribution in [0.2, 0.25) is 0 Å². The zero-order chi connectivity index (χ0) is 39.0. The maximum Gasteiger partial charge on any atom is 0.188 e. The summed E-state index contributed by atoms with van der Waals surface area (Å²) >= 11 is 0. The van der Waals surface area contributed by atoms with E-state index in [1.807, 2.05) is 6.07 Å². The van der Waals surface area contributed by atoms with Crippen LogP contribution >= 0.6 is 0 Å². The molecule has 9 aromatic carbocycles. The first kappa shape index (κ1) is 33.9. The van der Waals surface area contributed by atoms with Crippen molar-refractivity contribution in [2.45, 2.75) is 0 Å². The van der Waals surface area contributed by atoms with Crippen molar-refractivity contribution in [3.8, 4) is 11.5 Å². The third-order valence-corrected chi connectivity index (χ3v) is 23.0. The summed E-state index contributed by atoms with van der Waals surface area (Å²) < 4.78 is 13.4. The van der Waals surface area contributed by atoms with Crippen molar-refractivity contribution in [2.24, 2.45) is 0 Å². The van der Waals surface area contributed by atoms with Gasteiger partial charge in [0.15, 0.2) is 16.1 Å². The van der Waals surface area contributed by atoms with E-state index in [0.29, 0.717) is 0 Å². The Morgan fingerprint density at radius 2 is 0.847 bits per heavy atom. The smallest absolute Gasteiger partial charge is 0.188 e. The second-order valence-corrected chi connectivity index (χ2v) is 22.9. The van der Waals surface area contributed by atoms with Gasteiger partial charge >= 0.3 is 0 Å². The van der Waals surface area contributed by atoms with E-state index in [9.17, 15) is 0 Å². The minimum absolute atomic E-state index is 0.870. The van der Waals surface area contributed by atoms with Gasteiger partial charge in [0.25, 0.3) is 0 Å². The van der Waals surface area contributed by atoms with Gasteiger partial charge in [-0.1, -0.05) is 170 Å². The average Bonchev–Trinajstić information content (AvgIpc) is 3.70. The molecule has 0 saturated heterocycles. The highest BCUT2D eigenvalue weighted by Gasteiger charge is 2.59. The Morgan fingerprint density at radius 3 is 1.51 bits per heavy atom. The molecular weight excluding hydrogens is 751 g/mol. The van der Waals surface area contributed by atoms with Gasteiger partial charge in [-0.15, -0.1) is 0 Å². The Hall–Kier alpha value is -7.19. The Labute approximate surface area is 345 Å². The lowest BCUT2D eigenvalue weighted by atomic mass is 10.1. The summed E-state index contributed by atoms with van der Waals surface area (Å²) in [7, 11) is -6.06. The predicted molar refractivity (Wildman–Crippen MR) is 249 cm³/mol. The zero-order valence-electron chi connectivity index (χ0n) is 32.1. The Morgan fingerprint density at radius 1 is 0.339 bits per heavy atom. The van der Waals surface area contributed by atoms with Gasteiger partial charge in [-0.05, 0) is 96.1 Å². The Bertz CT molecular complexity index is 3130. The third-order valence-electron chi connectivity index (χ3n) is 12.7. The fourth-order valence-electron chi connectivity index (χ4n) is 10.4. The van der Waals surface area contributed by atoms with E-state index in [1.165, 1.54) is 41.5 Å². The number of rotatable bonds is 5. The number of ether oxygens (including phenoxy) is 1. The lowest BCUT2D eigenvalue weighted by Crippen LogP contribution is -2.93. The molecule has 3 heterocycles. The summed E-state index contributed by atoms with van der Waals surface area (Å²) in [5.41, 5.74) is 5.01.